The standard InChI is InChI=1S/C15H22ClFN2/c1-4-12-9-19(15(2,3)10-18-12)8-11-5-6-14(17)13(16)7-11/h5-7,12,18H,4,8-10H2,1-3H3. The summed E-state index contributed by atoms with van der Waals surface area (Å²) in [6, 6.07) is 5.53. The van der Waals surface area contributed by atoms with Crippen LogP contribution in [-0.2, 0) is 6.54 Å². The highest BCUT2D eigenvalue weighted by Gasteiger charge is 2.33. The maximum absolute atomic E-state index is 13.2. The fourth-order valence-corrected chi connectivity index (χ4v) is 2.70. The van der Waals surface area contributed by atoms with Gasteiger partial charge in [0.15, 0.2) is 0 Å². The van der Waals surface area contributed by atoms with Gasteiger partial charge in [0.05, 0.1) is 5.02 Å². The van der Waals surface area contributed by atoms with E-state index in [1.807, 2.05) is 6.07 Å². The van der Waals surface area contributed by atoms with Crippen LogP contribution in [-0.4, -0.2) is 29.6 Å². The summed E-state index contributed by atoms with van der Waals surface area (Å²) < 4.78 is 13.2. The number of rotatable bonds is 3. The highest BCUT2D eigenvalue weighted by atomic mass is 35.5. The first kappa shape index (κ1) is 14.8. The molecule has 0 aromatic heterocycles. The van der Waals surface area contributed by atoms with Crippen LogP contribution in [0.3, 0.4) is 0 Å². The van der Waals surface area contributed by atoms with E-state index in [1.165, 1.54) is 6.07 Å². The van der Waals surface area contributed by atoms with Gasteiger partial charge in [0, 0.05) is 31.2 Å². The lowest BCUT2D eigenvalue weighted by Crippen LogP contribution is -2.61. The zero-order chi connectivity index (χ0) is 14.0. The van der Waals surface area contributed by atoms with Crippen LogP contribution in [0.2, 0.25) is 5.02 Å². The summed E-state index contributed by atoms with van der Waals surface area (Å²) in [4.78, 5) is 2.45. The Bertz CT molecular complexity index is 448. The molecule has 1 saturated heterocycles. The van der Waals surface area contributed by atoms with Crippen LogP contribution in [0.15, 0.2) is 18.2 Å². The quantitative estimate of drug-likeness (QED) is 0.915. The van der Waals surface area contributed by atoms with E-state index in [1.54, 1.807) is 6.07 Å². The summed E-state index contributed by atoms with van der Waals surface area (Å²) in [7, 11) is 0. The number of hydrogen-bond donors (Lipinski definition) is 1. The Morgan fingerprint density at radius 3 is 2.84 bits per heavy atom. The van der Waals surface area contributed by atoms with Crippen molar-refractivity contribution in [2.24, 2.45) is 0 Å². The fourth-order valence-electron chi connectivity index (χ4n) is 2.49. The Morgan fingerprint density at radius 2 is 2.21 bits per heavy atom. The first-order valence-electron chi connectivity index (χ1n) is 6.84. The Labute approximate surface area is 119 Å². The van der Waals surface area contributed by atoms with E-state index in [4.69, 9.17) is 11.6 Å². The van der Waals surface area contributed by atoms with Gasteiger partial charge in [0.1, 0.15) is 5.82 Å². The number of benzene rings is 1. The summed E-state index contributed by atoms with van der Waals surface area (Å²) in [6.07, 6.45) is 1.12. The summed E-state index contributed by atoms with van der Waals surface area (Å²) >= 11 is 5.85. The third-order valence-corrected chi connectivity index (χ3v) is 4.26. The number of piperazine rings is 1. The topological polar surface area (TPSA) is 15.3 Å². The summed E-state index contributed by atoms with van der Waals surface area (Å²) in [6.45, 7) is 9.46. The van der Waals surface area contributed by atoms with Gasteiger partial charge in [0.2, 0.25) is 0 Å². The van der Waals surface area contributed by atoms with Gasteiger partial charge in [0.25, 0.3) is 0 Å². The molecule has 1 atom stereocenters. The average molecular weight is 285 g/mol. The van der Waals surface area contributed by atoms with E-state index in [0.717, 1.165) is 31.6 Å². The molecule has 0 radical (unpaired) electrons. The highest BCUT2D eigenvalue weighted by Crippen LogP contribution is 2.24. The van der Waals surface area contributed by atoms with Gasteiger partial charge < -0.3 is 5.32 Å². The van der Waals surface area contributed by atoms with Gasteiger partial charge >= 0.3 is 0 Å². The number of nitrogens with zero attached hydrogens (tertiary/aromatic N) is 1. The molecule has 0 saturated carbocycles. The second-order valence-electron chi connectivity index (χ2n) is 5.93. The van der Waals surface area contributed by atoms with E-state index < -0.39 is 0 Å². The molecule has 1 aliphatic rings. The Balaban J connectivity index is 2.12. The van der Waals surface area contributed by atoms with Crippen molar-refractivity contribution in [3.05, 3.63) is 34.6 Å². The Kier molecular flexibility index (Phi) is 4.49. The van der Waals surface area contributed by atoms with Crippen LogP contribution >= 0.6 is 11.6 Å². The van der Waals surface area contributed by atoms with Gasteiger partial charge in [-0.3, -0.25) is 4.90 Å². The lowest BCUT2D eigenvalue weighted by atomic mass is 9.95. The molecule has 19 heavy (non-hydrogen) atoms. The van der Waals surface area contributed by atoms with Gasteiger partial charge in [-0.05, 0) is 38.0 Å². The molecule has 4 heteroatoms. The first-order chi connectivity index (χ1) is 8.92. The predicted octanol–water partition coefficient (Wildman–Crippen LogP) is 3.44. The van der Waals surface area contributed by atoms with Crippen molar-refractivity contribution in [3.63, 3.8) is 0 Å². The van der Waals surface area contributed by atoms with Crippen LogP contribution in [0.25, 0.3) is 0 Å². The fraction of sp³-hybridized carbons (Fsp3) is 0.600. The minimum absolute atomic E-state index is 0.104. The predicted molar refractivity (Wildman–Crippen MR) is 78.0 cm³/mol. The maximum Gasteiger partial charge on any atom is 0.141 e. The van der Waals surface area contributed by atoms with Crippen molar-refractivity contribution in [3.8, 4) is 0 Å². The van der Waals surface area contributed by atoms with Crippen LogP contribution in [0, 0.1) is 5.82 Å². The summed E-state index contributed by atoms with van der Waals surface area (Å²) in [5.74, 6) is -0.351. The van der Waals surface area contributed by atoms with Crippen molar-refractivity contribution >= 4 is 11.6 Å². The smallest absolute Gasteiger partial charge is 0.141 e. The molecular weight excluding hydrogens is 263 g/mol. The van der Waals surface area contributed by atoms with E-state index in [9.17, 15) is 4.39 Å². The summed E-state index contributed by atoms with van der Waals surface area (Å²) in [5, 5.41) is 3.77. The van der Waals surface area contributed by atoms with Crippen LogP contribution in [0.1, 0.15) is 32.8 Å². The van der Waals surface area contributed by atoms with Crippen LogP contribution in [0.5, 0.6) is 0 Å². The minimum Gasteiger partial charge on any atom is -0.311 e. The maximum atomic E-state index is 13.2. The molecule has 106 valence electrons. The van der Waals surface area contributed by atoms with Gasteiger partial charge in [-0.2, -0.15) is 0 Å². The molecule has 1 N–H and O–H groups in total. The number of nitrogens with one attached hydrogen (secondary N) is 1. The third kappa shape index (κ3) is 3.47. The minimum atomic E-state index is -0.351. The monoisotopic (exact) mass is 284 g/mol. The molecule has 1 unspecified atom stereocenters. The Morgan fingerprint density at radius 1 is 1.47 bits per heavy atom. The van der Waals surface area contributed by atoms with Gasteiger partial charge in [-0.15, -0.1) is 0 Å². The molecule has 0 aliphatic carbocycles. The van der Waals surface area contributed by atoms with E-state index in [2.05, 4.69) is 31.0 Å². The van der Waals surface area contributed by atoms with E-state index >= 15 is 0 Å². The van der Waals surface area contributed by atoms with Crippen molar-refractivity contribution in [1.82, 2.24) is 10.2 Å². The van der Waals surface area contributed by atoms with Crippen molar-refractivity contribution < 1.29 is 4.39 Å². The zero-order valence-electron chi connectivity index (χ0n) is 11.8. The van der Waals surface area contributed by atoms with E-state index in [0.29, 0.717) is 6.04 Å². The molecule has 1 fully saturated rings. The molecule has 1 heterocycles. The molecule has 1 aliphatic heterocycles. The second kappa shape index (κ2) is 5.78. The molecule has 2 nitrogen and oxygen atoms in total. The summed E-state index contributed by atoms with van der Waals surface area (Å²) in [5.41, 5.74) is 1.17. The van der Waals surface area contributed by atoms with Crippen molar-refractivity contribution in [2.75, 3.05) is 13.1 Å². The molecular formula is C15H22ClFN2. The lowest BCUT2D eigenvalue weighted by molar-refractivity contribution is 0.0577. The SMILES string of the molecule is CCC1CN(Cc2ccc(F)c(Cl)c2)C(C)(C)CN1. The van der Waals surface area contributed by atoms with Gasteiger partial charge in [-0.1, -0.05) is 24.6 Å². The normalized spacial score (nSPS) is 23.5. The second-order valence-corrected chi connectivity index (χ2v) is 6.33. The molecule has 1 aromatic carbocycles. The molecule has 0 bridgehead atoms. The molecule has 2 rings (SSSR count). The van der Waals surface area contributed by atoms with Crippen LogP contribution in [0.4, 0.5) is 4.39 Å². The van der Waals surface area contributed by atoms with Crippen molar-refractivity contribution in [2.45, 2.75) is 45.3 Å². The molecule has 0 spiro atoms. The zero-order valence-corrected chi connectivity index (χ0v) is 12.6. The third-order valence-electron chi connectivity index (χ3n) is 3.97. The molecule has 0 amide bonds. The largest absolute Gasteiger partial charge is 0.311 e. The van der Waals surface area contributed by atoms with E-state index in [-0.39, 0.29) is 16.4 Å². The molecule has 1 aromatic rings. The average Bonchev–Trinajstić information content (AvgIpc) is 2.36. The van der Waals surface area contributed by atoms with Crippen LogP contribution < -0.4 is 5.32 Å². The highest BCUT2D eigenvalue weighted by molar-refractivity contribution is 6.30. The number of hydrogen-bond acceptors (Lipinski definition) is 2. The van der Waals surface area contributed by atoms with Gasteiger partial charge in [-0.25, -0.2) is 4.39 Å². The number of halogens is 2. The lowest BCUT2D eigenvalue weighted by Gasteiger charge is -2.46. The van der Waals surface area contributed by atoms with Crippen molar-refractivity contribution in [1.29, 1.82) is 0 Å². The Hall–Kier alpha value is -0.640. The first-order valence-corrected chi connectivity index (χ1v) is 7.22.